The predicted octanol–water partition coefficient (Wildman–Crippen LogP) is 0.414. The van der Waals surface area contributed by atoms with Crippen LogP contribution in [0.2, 0.25) is 0 Å². The molecule has 1 aromatic carbocycles. The Bertz CT molecular complexity index is 592. The van der Waals surface area contributed by atoms with Gasteiger partial charge in [-0.05, 0) is 24.6 Å². The van der Waals surface area contributed by atoms with E-state index in [1.807, 2.05) is 6.07 Å². The Labute approximate surface area is 116 Å². The van der Waals surface area contributed by atoms with Crippen molar-refractivity contribution in [1.29, 1.82) is 5.26 Å². The van der Waals surface area contributed by atoms with Gasteiger partial charge >= 0.3 is 0 Å². The average molecular weight is 273 g/mol. The Kier molecular flexibility index (Phi) is 4.01. The monoisotopic (exact) mass is 273 g/mol. The van der Waals surface area contributed by atoms with Crippen molar-refractivity contribution >= 4 is 11.8 Å². The molecule has 1 heterocycles. The molecular formula is C14H15N3O3. The van der Waals surface area contributed by atoms with E-state index < -0.39 is 0 Å². The van der Waals surface area contributed by atoms with Crippen molar-refractivity contribution in [3.8, 4) is 11.8 Å². The number of methoxy groups -OCH3 is 1. The maximum atomic E-state index is 11.6. The molecule has 1 N–H and O–H groups in total. The fraction of sp³-hybridized carbons (Fsp3) is 0.357. The molecule has 0 aromatic heterocycles. The fourth-order valence-corrected chi connectivity index (χ4v) is 2.12. The van der Waals surface area contributed by atoms with Crippen LogP contribution in [0.25, 0.3) is 0 Å². The zero-order valence-corrected chi connectivity index (χ0v) is 11.3. The van der Waals surface area contributed by atoms with Crippen molar-refractivity contribution < 1.29 is 14.3 Å². The largest absolute Gasteiger partial charge is 0.495 e. The standard InChI is InChI=1S/C14H15N3O3/c1-9-14(19)16-13(18)8-17(9)7-10-3-4-11(6-15)12(5-10)20-2/h3-5,9H,7-8H2,1-2H3,(H,16,18,19). The molecule has 1 aliphatic heterocycles. The van der Waals surface area contributed by atoms with E-state index in [1.54, 1.807) is 30.0 Å². The van der Waals surface area contributed by atoms with Crippen LogP contribution in [-0.2, 0) is 16.1 Å². The lowest BCUT2D eigenvalue weighted by Crippen LogP contribution is -2.56. The molecule has 2 amide bonds. The van der Waals surface area contributed by atoms with Gasteiger partial charge in [-0.15, -0.1) is 0 Å². The van der Waals surface area contributed by atoms with Crippen molar-refractivity contribution in [3.05, 3.63) is 29.3 Å². The molecule has 0 saturated carbocycles. The van der Waals surface area contributed by atoms with Gasteiger partial charge in [-0.3, -0.25) is 19.8 Å². The maximum Gasteiger partial charge on any atom is 0.243 e. The Morgan fingerprint density at radius 2 is 2.25 bits per heavy atom. The second-order valence-electron chi connectivity index (χ2n) is 4.64. The summed E-state index contributed by atoms with van der Waals surface area (Å²) in [7, 11) is 1.50. The predicted molar refractivity (Wildman–Crippen MR) is 70.7 cm³/mol. The van der Waals surface area contributed by atoms with E-state index in [-0.39, 0.29) is 24.4 Å². The van der Waals surface area contributed by atoms with Crippen molar-refractivity contribution in [1.82, 2.24) is 10.2 Å². The first-order valence-corrected chi connectivity index (χ1v) is 6.20. The summed E-state index contributed by atoms with van der Waals surface area (Å²) in [5.74, 6) is -0.0963. The van der Waals surface area contributed by atoms with Gasteiger partial charge in [-0.1, -0.05) is 6.07 Å². The quantitative estimate of drug-likeness (QED) is 0.807. The number of nitrogens with one attached hydrogen (secondary N) is 1. The van der Waals surface area contributed by atoms with E-state index in [2.05, 4.69) is 5.32 Å². The molecule has 0 bridgehead atoms. The minimum Gasteiger partial charge on any atom is -0.495 e. The smallest absolute Gasteiger partial charge is 0.243 e. The summed E-state index contributed by atoms with van der Waals surface area (Å²) in [6.07, 6.45) is 0. The van der Waals surface area contributed by atoms with Crippen LogP contribution in [0, 0.1) is 11.3 Å². The molecule has 6 nitrogen and oxygen atoms in total. The van der Waals surface area contributed by atoms with Crippen LogP contribution in [0.5, 0.6) is 5.75 Å². The summed E-state index contributed by atoms with van der Waals surface area (Å²) in [6, 6.07) is 6.90. The van der Waals surface area contributed by atoms with Gasteiger partial charge in [0.25, 0.3) is 0 Å². The third-order valence-corrected chi connectivity index (χ3v) is 3.31. The lowest BCUT2D eigenvalue weighted by Gasteiger charge is -2.31. The number of piperazine rings is 1. The lowest BCUT2D eigenvalue weighted by molar-refractivity contribution is -0.139. The number of imide groups is 1. The minimum absolute atomic E-state index is 0.176. The molecule has 2 rings (SSSR count). The van der Waals surface area contributed by atoms with Crippen LogP contribution in [0.4, 0.5) is 0 Å². The highest BCUT2D eigenvalue weighted by molar-refractivity contribution is 6.00. The maximum absolute atomic E-state index is 11.6. The second-order valence-corrected chi connectivity index (χ2v) is 4.64. The summed E-state index contributed by atoms with van der Waals surface area (Å²) >= 11 is 0. The normalized spacial score (nSPS) is 19.4. The Morgan fingerprint density at radius 3 is 2.90 bits per heavy atom. The molecule has 6 heteroatoms. The zero-order chi connectivity index (χ0) is 14.7. The molecule has 1 fully saturated rings. The molecular weight excluding hydrogens is 258 g/mol. The number of carbonyl (C=O) groups excluding carboxylic acids is 2. The van der Waals surface area contributed by atoms with Crippen LogP contribution < -0.4 is 10.1 Å². The SMILES string of the molecule is COc1cc(CN2CC(=O)NC(=O)C2C)ccc1C#N. The molecule has 20 heavy (non-hydrogen) atoms. The topological polar surface area (TPSA) is 82.4 Å². The van der Waals surface area contributed by atoms with Gasteiger partial charge < -0.3 is 4.74 Å². The van der Waals surface area contributed by atoms with Crippen molar-refractivity contribution in [2.45, 2.75) is 19.5 Å². The van der Waals surface area contributed by atoms with Gasteiger partial charge in [0, 0.05) is 6.54 Å². The van der Waals surface area contributed by atoms with Crippen LogP contribution in [0.3, 0.4) is 0 Å². The van der Waals surface area contributed by atoms with E-state index in [9.17, 15) is 9.59 Å². The number of nitriles is 1. The first-order chi connectivity index (χ1) is 9.55. The van der Waals surface area contributed by atoms with E-state index in [1.165, 1.54) is 7.11 Å². The fourth-order valence-electron chi connectivity index (χ4n) is 2.12. The highest BCUT2D eigenvalue weighted by Gasteiger charge is 2.30. The number of nitrogens with zero attached hydrogens (tertiary/aromatic N) is 2. The van der Waals surface area contributed by atoms with Crippen LogP contribution in [-0.4, -0.2) is 36.4 Å². The Hall–Kier alpha value is -2.39. The average Bonchev–Trinajstić information content (AvgIpc) is 2.44. The molecule has 1 unspecified atom stereocenters. The zero-order valence-electron chi connectivity index (χ0n) is 11.3. The van der Waals surface area contributed by atoms with Gasteiger partial charge in [-0.2, -0.15) is 5.26 Å². The first-order valence-electron chi connectivity index (χ1n) is 6.20. The Morgan fingerprint density at radius 1 is 1.50 bits per heavy atom. The third-order valence-electron chi connectivity index (χ3n) is 3.31. The summed E-state index contributed by atoms with van der Waals surface area (Å²) in [5.41, 5.74) is 1.34. The summed E-state index contributed by atoms with van der Waals surface area (Å²) in [4.78, 5) is 24.8. The number of rotatable bonds is 3. The van der Waals surface area contributed by atoms with Gasteiger partial charge in [0.1, 0.15) is 11.8 Å². The second kappa shape index (κ2) is 5.72. The first kappa shape index (κ1) is 14.0. The molecule has 1 saturated heterocycles. The number of amides is 2. The number of hydrogen-bond donors (Lipinski definition) is 1. The van der Waals surface area contributed by atoms with Gasteiger partial charge in [0.05, 0.1) is 25.3 Å². The highest BCUT2D eigenvalue weighted by atomic mass is 16.5. The molecule has 0 radical (unpaired) electrons. The number of carbonyl (C=O) groups is 2. The van der Waals surface area contributed by atoms with Gasteiger partial charge in [0.2, 0.25) is 11.8 Å². The summed E-state index contributed by atoms with van der Waals surface area (Å²) in [5, 5.41) is 11.2. The molecule has 1 aliphatic rings. The number of hydrogen-bond acceptors (Lipinski definition) is 5. The van der Waals surface area contributed by atoms with E-state index in [4.69, 9.17) is 10.00 Å². The lowest BCUT2D eigenvalue weighted by atomic mass is 10.1. The van der Waals surface area contributed by atoms with Crippen molar-refractivity contribution in [2.75, 3.05) is 13.7 Å². The van der Waals surface area contributed by atoms with E-state index >= 15 is 0 Å². The van der Waals surface area contributed by atoms with Crippen molar-refractivity contribution in [2.24, 2.45) is 0 Å². The Balaban J connectivity index is 2.19. The molecule has 0 spiro atoms. The summed E-state index contributed by atoms with van der Waals surface area (Å²) in [6.45, 7) is 2.38. The third kappa shape index (κ3) is 2.78. The number of ether oxygens (including phenoxy) is 1. The minimum atomic E-state index is -0.366. The van der Waals surface area contributed by atoms with E-state index in [0.29, 0.717) is 17.9 Å². The van der Waals surface area contributed by atoms with Gasteiger partial charge in [-0.25, -0.2) is 0 Å². The molecule has 1 atom stereocenters. The molecule has 1 aromatic rings. The van der Waals surface area contributed by atoms with Crippen LogP contribution in [0.1, 0.15) is 18.1 Å². The summed E-state index contributed by atoms with van der Waals surface area (Å²) < 4.78 is 5.15. The van der Waals surface area contributed by atoms with Crippen LogP contribution in [0.15, 0.2) is 18.2 Å². The molecule has 104 valence electrons. The molecule has 0 aliphatic carbocycles. The number of benzene rings is 1. The van der Waals surface area contributed by atoms with Crippen molar-refractivity contribution in [3.63, 3.8) is 0 Å². The van der Waals surface area contributed by atoms with Crippen LogP contribution >= 0.6 is 0 Å². The van der Waals surface area contributed by atoms with Gasteiger partial charge in [0.15, 0.2) is 0 Å². The highest BCUT2D eigenvalue weighted by Crippen LogP contribution is 2.21. The van der Waals surface area contributed by atoms with E-state index in [0.717, 1.165) is 5.56 Å².